The smallest absolute Gasteiger partial charge is 0.251 e. The van der Waals surface area contributed by atoms with Crippen molar-refractivity contribution < 1.29 is 14.1 Å². The Labute approximate surface area is 174 Å². The highest BCUT2D eigenvalue weighted by molar-refractivity contribution is 5.96. The Kier molecular flexibility index (Phi) is 5.88. The third kappa shape index (κ3) is 4.40. The highest BCUT2D eigenvalue weighted by Crippen LogP contribution is 2.29. The van der Waals surface area contributed by atoms with Gasteiger partial charge in [0.25, 0.3) is 5.91 Å². The van der Waals surface area contributed by atoms with Crippen LogP contribution >= 0.6 is 0 Å². The minimum Gasteiger partial charge on any atom is -0.348 e. The molecule has 2 amide bonds. The fourth-order valence-corrected chi connectivity index (χ4v) is 3.70. The summed E-state index contributed by atoms with van der Waals surface area (Å²) in [6.07, 6.45) is 3.66. The number of hydrogen-bond donors (Lipinski definition) is 2. The maximum Gasteiger partial charge on any atom is 0.251 e. The van der Waals surface area contributed by atoms with Gasteiger partial charge in [-0.1, -0.05) is 48.5 Å². The Morgan fingerprint density at radius 3 is 2.70 bits per heavy atom. The number of aromatic nitrogens is 2. The topological polar surface area (TPSA) is 97.1 Å². The van der Waals surface area contributed by atoms with Gasteiger partial charge in [0.05, 0.1) is 12.6 Å². The minimum absolute atomic E-state index is 0.00149. The lowest BCUT2D eigenvalue weighted by Gasteiger charge is -2.26. The van der Waals surface area contributed by atoms with E-state index in [2.05, 4.69) is 32.9 Å². The molecule has 1 aliphatic carbocycles. The number of aryl methyl sites for hydroxylation is 2. The molecule has 2 aromatic carbocycles. The van der Waals surface area contributed by atoms with Crippen LogP contribution in [0.5, 0.6) is 0 Å². The second-order valence-corrected chi connectivity index (χ2v) is 7.34. The van der Waals surface area contributed by atoms with Gasteiger partial charge in [0.2, 0.25) is 17.6 Å². The summed E-state index contributed by atoms with van der Waals surface area (Å²) in [4.78, 5) is 29.0. The molecule has 1 atom stereocenters. The van der Waals surface area contributed by atoms with E-state index in [1.54, 1.807) is 24.3 Å². The van der Waals surface area contributed by atoms with E-state index in [9.17, 15) is 9.59 Å². The second kappa shape index (κ2) is 8.90. The zero-order chi connectivity index (χ0) is 20.9. The second-order valence-electron chi connectivity index (χ2n) is 7.34. The molecule has 0 aliphatic heterocycles. The van der Waals surface area contributed by atoms with E-state index in [1.807, 2.05) is 19.1 Å². The van der Waals surface area contributed by atoms with Crippen LogP contribution in [0.2, 0.25) is 0 Å². The van der Waals surface area contributed by atoms with Gasteiger partial charge in [-0.15, -0.1) is 0 Å². The summed E-state index contributed by atoms with van der Waals surface area (Å²) < 4.78 is 5.11. The summed E-state index contributed by atoms with van der Waals surface area (Å²) in [6, 6.07) is 15.1. The van der Waals surface area contributed by atoms with Crippen molar-refractivity contribution in [1.82, 2.24) is 20.8 Å². The first-order valence-electron chi connectivity index (χ1n) is 10.2. The monoisotopic (exact) mass is 404 g/mol. The van der Waals surface area contributed by atoms with Crippen LogP contribution in [0.25, 0.3) is 11.4 Å². The molecule has 0 saturated carbocycles. The van der Waals surface area contributed by atoms with E-state index in [4.69, 9.17) is 4.52 Å². The summed E-state index contributed by atoms with van der Waals surface area (Å²) in [7, 11) is 0. The van der Waals surface area contributed by atoms with E-state index in [0.717, 1.165) is 24.8 Å². The first-order valence-corrected chi connectivity index (χ1v) is 10.2. The van der Waals surface area contributed by atoms with Crippen LogP contribution in [-0.2, 0) is 17.6 Å². The summed E-state index contributed by atoms with van der Waals surface area (Å²) >= 11 is 0. The van der Waals surface area contributed by atoms with Crippen LogP contribution in [-0.4, -0.2) is 28.5 Å². The molecular formula is C23H24N4O3. The molecule has 1 aromatic heterocycles. The zero-order valence-corrected chi connectivity index (χ0v) is 16.9. The van der Waals surface area contributed by atoms with Crippen LogP contribution in [0.3, 0.4) is 0 Å². The first kappa shape index (κ1) is 19.8. The third-order valence-electron chi connectivity index (χ3n) is 5.29. The van der Waals surface area contributed by atoms with Crippen LogP contribution in [0.15, 0.2) is 53.1 Å². The van der Waals surface area contributed by atoms with Crippen molar-refractivity contribution in [2.45, 2.75) is 38.6 Å². The number of carbonyl (C=O) groups is 2. The molecule has 0 fully saturated rings. The number of amides is 2. The molecule has 4 rings (SSSR count). The molecule has 30 heavy (non-hydrogen) atoms. The number of nitrogens with zero attached hydrogens (tertiary/aromatic N) is 2. The molecule has 0 bridgehead atoms. The molecule has 1 aliphatic rings. The van der Waals surface area contributed by atoms with Crippen molar-refractivity contribution in [1.29, 1.82) is 0 Å². The van der Waals surface area contributed by atoms with E-state index in [-0.39, 0.29) is 24.4 Å². The Morgan fingerprint density at radius 2 is 1.93 bits per heavy atom. The average molecular weight is 404 g/mol. The van der Waals surface area contributed by atoms with Gasteiger partial charge in [-0.05, 0) is 42.5 Å². The SMILES string of the molecule is CCc1nc(-c2ccc(C(=O)NCC(=O)NC3CCCc4ccccc43)cc2)no1. The first-order chi connectivity index (χ1) is 14.6. The summed E-state index contributed by atoms with van der Waals surface area (Å²) in [5.41, 5.74) is 3.69. The largest absolute Gasteiger partial charge is 0.348 e. The van der Waals surface area contributed by atoms with Gasteiger partial charge < -0.3 is 15.2 Å². The van der Waals surface area contributed by atoms with Crippen molar-refractivity contribution in [2.75, 3.05) is 6.54 Å². The predicted octanol–water partition coefficient (Wildman–Crippen LogP) is 3.22. The standard InChI is InChI=1S/C23H24N4O3/c1-2-21-26-22(27-30-21)16-10-12-17(13-11-16)23(29)24-14-20(28)25-19-9-5-7-15-6-3-4-8-18(15)19/h3-4,6,8,10-13,19H,2,5,7,9,14H2,1H3,(H,24,29)(H,25,28). The van der Waals surface area contributed by atoms with Gasteiger partial charge in [0.15, 0.2) is 0 Å². The molecular weight excluding hydrogens is 380 g/mol. The molecule has 7 heteroatoms. The maximum absolute atomic E-state index is 12.4. The van der Waals surface area contributed by atoms with Crippen molar-refractivity contribution in [3.63, 3.8) is 0 Å². The molecule has 0 saturated heterocycles. The summed E-state index contributed by atoms with van der Waals surface area (Å²) in [5.74, 6) is 0.563. The van der Waals surface area contributed by atoms with Crippen molar-refractivity contribution in [3.8, 4) is 11.4 Å². The average Bonchev–Trinajstić information content (AvgIpc) is 3.27. The predicted molar refractivity (Wildman–Crippen MR) is 112 cm³/mol. The fourth-order valence-electron chi connectivity index (χ4n) is 3.70. The number of rotatable bonds is 6. The minimum atomic E-state index is -0.303. The van der Waals surface area contributed by atoms with Gasteiger partial charge in [-0.3, -0.25) is 9.59 Å². The van der Waals surface area contributed by atoms with Crippen molar-refractivity contribution in [2.24, 2.45) is 0 Å². The lowest BCUT2D eigenvalue weighted by Crippen LogP contribution is -2.39. The van der Waals surface area contributed by atoms with Gasteiger partial charge in [-0.2, -0.15) is 4.98 Å². The normalized spacial score (nSPS) is 15.3. The lowest BCUT2D eigenvalue weighted by atomic mass is 9.88. The summed E-state index contributed by atoms with van der Waals surface area (Å²) in [5, 5.41) is 9.65. The molecule has 0 spiro atoms. The molecule has 1 unspecified atom stereocenters. The molecule has 0 radical (unpaired) electrons. The summed E-state index contributed by atoms with van der Waals surface area (Å²) in [6.45, 7) is 1.87. The Hall–Kier alpha value is -3.48. The third-order valence-corrected chi connectivity index (χ3v) is 5.29. The highest BCUT2D eigenvalue weighted by atomic mass is 16.5. The van der Waals surface area contributed by atoms with E-state index >= 15 is 0 Å². The maximum atomic E-state index is 12.4. The quantitative estimate of drug-likeness (QED) is 0.657. The van der Waals surface area contributed by atoms with Gasteiger partial charge in [0.1, 0.15) is 0 Å². The molecule has 7 nitrogen and oxygen atoms in total. The van der Waals surface area contributed by atoms with Crippen molar-refractivity contribution >= 4 is 11.8 Å². The van der Waals surface area contributed by atoms with Gasteiger partial charge >= 0.3 is 0 Å². The Morgan fingerprint density at radius 1 is 1.13 bits per heavy atom. The number of benzene rings is 2. The number of hydrogen-bond acceptors (Lipinski definition) is 5. The highest BCUT2D eigenvalue weighted by Gasteiger charge is 2.21. The molecule has 154 valence electrons. The van der Waals surface area contributed by atoms with Crippen LogP contribution < -0.4 is 10.6 Å². The van der Waals surface area contributed by atoms with Crippen LogP contribution in [0.1, 0.15) is 53.2 Å². The number of nitrogens with one attached hydrogen (secondary N) is 2. The van der Waals surface area contributed by atoms with Gasteiger partial charge in [-0.25, -0.2) is 0 Å². The molecule has 3 aromatic rings. The van der Waals surface area contributed by atoms with E-state index in [1.165, 1.54) is 11.1 Å². The molecule has 2 N–H and O–H groups in total. The fraction of sp³-hybridized carbons (Fsp3) is 0.304. The van der Waals surface area contributed by atoms with Crippen LogP contribution in [0, 0.1) is 0 Å². The Bertz CT molecular complexity index is 1040. The van der Waals surface area contributed by atoms with E-state index < -0.39 is 0 Å². The van der Waals surface area contributed by atoms with Gasteiger partial charge in [0, 0.05) is 17.5 Å². The van der Waals surface area contributed by atoms with Crippen molar-refractivity contribution in [3.05, 3.63) is 71.1 Å². The lowest BCUT2D eigenvalue weighted by molar-refractivity contribution is -0.121. The van der Waals surface area contributed by atoms with E-state index in [0.29, 0.717) is 23.7 Å². The Balaban J connectivity index is 1.32. The van der Waals surface area contributed by atoms with Crippen LogP contribution in [0.4, 0.5) is 0 Å². The molecule has 1 heterocycles. The number of fused-ring (bicyclic) bond motifs is 1. The number of carbonyl (C=O) groups excluding carboxylic acids is 2. The zero-order valence-electron chi connectivity index (χ0n) is 16.9.